The number of allylic oxidation sites excluding steroid dienone is 1. The monoisotopic (exact) mass is 1040 g/mol. The molecule has 0 heterocycles. The van der Waals surface area contributed by atoms with Gasteiger partial charge in [-0.3, -0.25) is 4.79 Å². The molecule has 0 radical (unpaired) electrons. The lowest BCUT2D eigenvalue weighted by Crippen LogP contribution is -2.51. The fourth-order valence-corrected chi connectivity index (χ4v) is 13.7. The Hall–Kier alpha value is -4.29. The van der Waals surface area contributed by atoms with E-state index in [2.05, 4.69) is 58.3 Å². The molecule has 0 unspecified atom stereocenters. The van der Waals surface area contributed by atoms with E-state index in [1.165, 1.54) is 133 Å². The lowest BCUT2D eigenvalue weighted by molar-refractivity contribution is -0.121. The van der Waals surface area contributed by atoms with Crippen molar-refractivity contribution in [2.45, 2.75) is 208 Å². The van der Waals surface area contributed by atoms with Crippen LogP contribution >= 0.6 is 0 Å². The van der Waals surface area contributed by atoms with Crippen LogP contribution in [0.4, 0.5) is 22.4 Å². The number of carbonyl (C=O) groups is 3. The highest BCUT2D eigenvalue weighted by molar-refractivity contribution is 5.92. The zero-order valence-corrected chi connectivity index (χ0v) is 45.8. The number of esters is 1. The molecule has 2 aromatic carbocycles. The fraction of sp³-hybridized carbons (Fsp3) is 0.721. The van der Waals surface area contributed by atoms with E-state index in [1.54, 1.807) is 0 Å². The molecular formula is C61H90F4N2O7. The summed E-state index contributed by atoms with van der Waals surface area (Å²) in [5, 5.41) is 5.60. The highest BCUT2D eigenvalue weighted by Crippen LogP contribution is 2.67. The van der Waals surface area contributed by atoms with Gasteiger partial charge < -0.3 is 29.6 Å². The summed E-state index contributed by atoms with van der Waals surface area (Å²) in [7, 11) is 0. The quantitative estimate of drug-likeness (QED) is 0.0200. The predicted molar refractivity (Wildman–Crippen MR) is 283 cm³/mol. The second-order valence-electron chi connectivity index (χ2n) is 23.4. The number of carbonyl (C=O) groups excluding carboxylic acids is 3. The third-order valence-corrected chi connectivity index (χ3v) is 17.8. The molecule has 8 atom stereocenters. The zero-order valence-electron chi connectivity index (χ0n) is 45.8. The van der Waals surface area contributed by atoms with Crippen molar-refractivity contribution in [2.75, 3.05) is 26.3 Å². The molecule has 0 bridgehead atoms. The number of alkyl carbamates (subject to hydrolysis) is 1. The van der Waals surface area contributed by atoms with Gasteiger partial charge in [0.25, 0.3) is 0 Å². The van der Waals surface area contributed by atoms with Gasteiger partial charge in [0.05, 0.1) is 18.7 Å². The first-order valence-electron chi connectivity index (χ1n) is 28.9. The normalized spacial score (nSPS) is 24.5. The van der Waals surface area contributed by atoms with Gasteiger partial charge in [-0.25, -0.2) is 18.4 Å². The van der Waals surface area contributed by atoms with Crippen LogP contribution in [-0.2, 0) is 9.53 Å². The maximum Gasteiger partial charge on any atom is 0.407 e. The number of nitrogens with one attached hydrogen (secondary N) is 2. The van der Waals surface area contributed by atoms with Crippen LogP contribution in [-0.4, -0.2) is 50.4 Å². The summed E-state index contributed by atoms with van der Waals surface area (Å²) < 4.78 is 79.4. The Morgan fingerprint density at radius 1 is 0.689 bits per heavy atom. The SMILES string of the molecule is CCCCCCCCCCCCCCCC(=O)NCCOc1cc(OCCNC(=O)O[C@H]2CC[C@@]3(C)C(=CC[C@H]4[C@@H]5CC[C@H]([C@H](C)CCCC(C)C)[C@@]5(C)CC[C@@H]43)C2)cc(C(=O)Oc2c(F)c(F)cc(F)c2F)c1. The van der Waals surface area contributed by atoms with E-state index >= 15 is 0 Å². The van der Waals surface area contributed by atoms with E-state index < -0.39 is 41.1 Å². The molecule has 74 heavy (non-hydrogen) atoms. The molecule has 4 aliphatic rings. The topological polar surface area (TPSA) is 112 Å². The Kier molecular flexibility index (Phi) is 22.9. The van der Waals surface area contributed by atoms with E-state index in [1.807, 2.05) is 0 Å². The van der Waals surface area contributed by atoms with E-state index in [-0.39, 0.29) is 66.9 Å². The largest absolute Gasteiger partial charge is 0.492 e. The second-order valence-corrected chi connectivity index (χ2v) is 23.4. The molecule has 3 fully saturated rings. The zero-order chi connectivity index (χ0) is 53.3. The van der Waals surface area contributed by atoms with Crippen LogP contribution in [0.2, 0.25) is 0 Å². The van der Waals surface area contributed by atoms with Gasteiger partial charge in [0.1, 0.15) is 30.8 Å². The number of hydrogen-bond acceptors (Lipinski definition) is 7. The van der Waals surface area contributed by atoms with Gasteiger partial charge in [-0.1, -0.05) is 150 Å². The summed E-state index contributed by atoms with van der Waals surface area (Å²) in [6.45, 7) is 14.7. The van der Waals surface area contributed by atoms with Crippen LogP contribution in [0, 0.1) is 69.6 Å². The van der Waals surface area contributed by atoms with Crippen LogP contribution in [0.1, 0.15) is 212 Å². The van der Waals surface area contributed by atoms with Gasteiger partial charge in [0, 0.05) is 25.0 Å². The third kappa shape index (κ3) is 16.1. The maximum absolute atomic E-state index is 14.5. The lowest BCUT2D eigenvalue weighted by Gasteiger charge is -2.58. The summed E-state index contributed by atoms with van der Waals surface area (Å²) in [4.78, 5) is 38.9. The maximum atomic E-state index is 14.5. The first-order valence-corrected chi connectivity index (χ1v) is 28.9. The minimum Gasteiger partial charge on any atom is -0.492 e. The standard InChI is InChI=1S/C61H90F4N2O7/c1-7-8-9-10-11-12-13-14-15-16-17-18-19-23-54(68)66-32-34-71-46-36-43(58(69)74-57-55(64)52(62)40-53(63)56(57)65)37-47(39-46)72-35-33-67-59(70)73-45-28-30-60(5)44(38-45)24-25-48-50-27-26-49(42(4)22-20-21-41(2)3)61(50,6)31-29-51(48)60/h24,36-37,39-42,45,48-51H,7-23,25-35,38H2,1-6H3,(H,66,68)(H,67,70)/t42-,45+,48+,49-,50+,51+,60+,61-/m1/s1. The molecule has 0 aliphatic heterocycles. The number of benzene rings is 2. The smallest absolute Gasteiger partial charge is 0.407 e. The molecule has 414 valence electrons. The van der Waals surface area contributed by atoms with Crippen LogP contribution in [0.5, 0.6) is 17.2 Å². The Labute approximate surface area is 440 Å². The van der Waals surface area contributed by atoms with Crippen molar-refractivity contribution in [2.24, 2.45) is 46.3 Å². The molecule has 4 aliphatic carbocycles. The number of rotatable bonds is 30. The summed E-state index contributed by atoms with van der Waals surface area (Å²) in [5.74, 6) is -5.53. The van der Waals surface area contributed by atoms with E-state index in [0.29, 0.717) is 23.7 Å². The predicted octanol–water partition coefficient (Wildman–Crippen LogP) is 16.0. The van der Waals surface area contributed by atoms with Gasteiger partial charge in [-0.05, 0) is 110 Å². The number of unbranched alkanes of at least 4 members (excludes halogenated alkanes) is 12. The number of fused-ring (bicyclic) bond motifs is 5. The molecule has 3 saturated carbocycles. The van der Waals surface area contributed by atoms with Crippen molar-refractivity contribution in [3.8, 4) is 17.2 Å². The molecule has 2 aromatic rings. The Bertz CT molecular complexity index is 2140. The summed E-state index contributed by atoms with van der Waals surface area (Å²) >= 11 is 0. The second kappa shape index (κ2) is 28.7. The number of ether oxygens (including phenoxy) is 4. The van der Waals surface area contributed by atoms with Gasteiger partial charge in [0.2, 0.25) is 23.3 Å². The van der Waals surface area contributed by atoms with Gasteiger partial charge in [0.15, 0.2) is 11.6 Å². The van der Waals surface area contributed by atoms with E-state index in [0.717, 1.165) is 68.6 Å². The lowest BCUT2D eigenvalue weighted by atomic mass is 9.47. The summed E-state index contributed by atoms with van der Waals surface area (Å²) in [6.07, 6.45) is 30.8. The van der Waals surface area contributed by atoms with Gasteiger partial charge >= 0.3 is 12.1 Å². The van der Waals surface area contributed by atoms with Crippen molar-refractivity contribution >= 4 is 18.0 Å². The van der Waals surface area contributed by atoms with E-state index in [4.69, 9.17) is 18.9 Å². The molecular weight excluding hydrogens is 949 g/mol. The number of hydrogen-bond donors (Lipinski definition) is 2. The number of halogens is 4. The molecule has 13 heteroatoms. The Morgan fingerprint density at radius 2 is 1.30 bits per heavy atom. The third-order valence-electron chi connectivity index (χ3n) is 17.8. The Balaban J connectivity index is 0.950. The molecule has 6 rings (SSSR count). The summed E-state index contributed by atoms with van der Waals surface area (Å²) in [6, 6.07) is 3.91. The van der Waals surface area contributed by atoms with Crippen LogP contribution in [0.3, 0.4) is 0 Å². The first-order chi connectivity index (χ1) is 35.5. The highest BCUT2D eigenvalue weighted by Gasteiger charge is 2.59. The van der Waals surface area contributed by atoms with E-state index in [9.17, 15) is 31.9 Å². The van der Waals surface area contributed by atoms with Crippen molar-refractivity contribution in [3.63, 3.8) is 0 Å². The van der Waals surface area contributed by atoms with Gasteiger partial charge in [-0.15, -0.1) is 0 Å². The molecule has 9 nitrogen and oxygen atoms in total. The van der Waals surface area contributed by atoms with Crippen LogP contribution in [0.15, 0.2) is 35.9 Å². The van der Waals surface area contributed by atoms with Crippen LogP contribution < -0.4 is 24.8 Å². The molecule has 2 N–H and O–H groups in total. The van der Waals surface area contributed by atoms with Crippen molar-refractivity contribution in [3.05, 3.63) is 64.7 Å². The van der Waals surface area contributed by atoms with Crippen LogP contribution in [0.25, 0.3) is 0 Å². The fourth-order valence-electron chi connectivity index (χ4n) is 13.7. The average Bonchev–Trinajstić information content (AvgIpc) is 3.73. The first kappa shape index (κ1) is 59.0. The summed E-state index contributed by atoms with van der Waals surface area (Å²) in [5.41, 5.74) is 1.67. The Morgan fingerprint density at radius 3 is 1.92 bits per heavy atom. The van der Waals surface area contributed by atoms with Crippen molar-refractivity contribution < 1.29 is 50.9 Å². The highest BCUT2D eigenvalue weighted by atomic mass is 19.2. The minimum absolute atomic E-state index is 0.00496. The molecule has 0 saturated heterocycles. The minimum atomic E-state index is -1.87. The number of amides is 2. The average molecular weight is 1040 g/mol. The molecule has 0 spiro atoms. The van der Waals surface area contributed by atoms with Crippen molar-refractivity contribution in [1.29, 1.82) is 0 Å². The molecule has 2 amide bonds. The van der Waals surface area contributed by atoms with Crippen molar-refractivity contribution in [1.82, 2.24) is 10.6 Å². The van der Waals surface area contributed by atoms with Gasteiger partial charge in [-0.2, -0.15) is 8.78 Å². The molecule has 0 aromatic heterocycles.